The summed E-state index contributed by atoms with van der Waals surface area (Å²) in [5.41, 5.74) is -0.180. The van der Waals surface area contributed by atoms with Gasteiger partial charge in [0, 0.05) is 31.6 Å². The third kappa shape index (κ3) is 2.13. The molecular weight excluding hydrogens is 235 g/mol. The molecule has 2 nitrogen and oxygen atoms in total. The number of halogens is 2. The van der Waals surface area contributed by atoms with Gasteiger partial charge < -0.3 is 9.84 Å². The van der Waals surface area contributed by atoms with Crippen molar-refractivity contribution in [1.82, 2.24) is 0 Å². The number of rotatable bonds is 1. The minimum atomic E-state index is -0.889. The van der Waals surface area contributed by atoms with Gasteiger partial charge in [-0.25, -0.2) is 0 Å². The van der Waals surface area contributed by atoms with Crippen LogP contribution in [0.15, 0.2) is 18.2 Å². The zero-order valence-electron chi connectivity index (χ0n) is 8.17. The summed E-state index contributed by atoms with van der Waals surface area (Å²) in [7, 11) is 0. The van der Waals surface area contributed by atoms with E-state index in [4.69, 9.17) is 27.9 Å². The van der Waals surface area contributed by atoms with Crippen molar-refractivity contribution in [2.75, 3.05) is 13.2 Å². The number of ether oxygens (including phenoxy) is 1. The smallest absolute Gasteiger partial charge is 0.0955 e. The SMILES string of the molecule is OC1(c2cccc(Cl)c2Cl)CCOCC1. The average molecular weight is 247 g/mol. The molecule has 1 aliphatic rings. The van der Waals surface area contributed by atoms with Gasteiger partial charge in [-0.15, -0.1) is 0 Å². The van der Waals surface area contributed by atoms with Gasteiger partial charge in [0.05, 0.1) is 15.6 Å². The molecule has 0 bridgehead atoms. The van der Waals surface area contributed by atoms with Crippen LogP contribution < -0.4 is 0 Å². The normalized spacial score (nSPS) is 20.2. The summed E-state index contributed by atoms with van der Waals surface area (Å²) >= 11 is 12.0. The number of benzene rings is 1. The van der Waals surface area contributed by atoms with Crippen molar-refractivity contribution >= 4 is 23.2 Å². The fraction of sp³-hybridized carbons (Fsp3) is 0.455. The molecule has 0 atom stereocenters. The van der Waals surface area contributed by atoms with Gasteiger partial charge >= 0.3 is 0 Å². The second-order valence-corrected chi connectivity index (χ2v) is 4.53. The van der Waals surface area contributed by atoms with E-state index in [-0.39, 0.29) is 0 Å². The largest absolute Gasteiger partial charge is 0.385 e. The van der Waals surface area contributed by atoms with Crippen LogP contribution in [-0.2, 0) is 10.3 Å². The monoisotopic (exact) mass is 246 g/mol. The lowest BCUT2D eigenvalue weighted by Crippen LogP contribution is -2.33. The van der Waals surface area contributed by atoms with Crippen LogP contribution in [0.4, 0.5) is 0 Å². The highest BCUT2D eigenvalue weighted by atomic mass is 35.5. The minimum absolute atomic E-state index is 0.448. The van der Waals surface area contributed by atoms with Crippen LogP contribution in [0.2, 0.25) is 10.0 Å². The first-order valence-electron chi connectivity index (χ1n) is 4.88. The van der Waals surface area contributed by atoms with E-state index in [0.717, 1.165) is 0 Å². The molecule has 1 N–H and O–H groups in total. The predicted octanol–water partition coefficient (Wildman–Crippen LogP) is 2.99. The van der Waals surface area contributed by atoms with E-state index in [1.165, 1.54) is 0 Å². The van der Waals surface area contributed by atoms with Crippen molar-refractivity contribution in [3.63, 3.8) is 0 Å². The molecular formula is C11H12Cl2O2. The zero-order chi connectivity index (χ0) is 10.9. The number of aliphatic hydroxyl groups is 1. The Morgan fingerprint density at radius 2 is 1.87 bits per heavy atom. The summed E-state index contributed by atoms with van der Waals surface area (Å²) in [6.07, 6.45) is 1.13. The van der Waals surface area contributed by atoms with Gasteiger partial charge in [-0.2, -0.15) is 0 Å². The summed E-state index contributed by atoms with van der Waals surface area (Å²) in [6, 6.07) is 5.34. The molecule has 0 saturated carbocycles. The van der Waals surface area contributed by atoms with Crippen LogP contribution >= 0.6 is 23.2 Å². The fourth-order valence-electron chi connectivity index (χ4n) is 1.84. The average Bonchev–Trinajstić information content (AvgIpc) is 2.23. The maximum Gasteiger partial charge on any atom is 0.0955 e. The van der Waals surface area contributed by atoms with E-state index in [0.29, 0.717) is 41.7 Å². The lowest BCUT2D eigenvalue weighted by atomic mass is 9.86. The second kappa shape index (κ2) is 4.30. The summed E-state index contributed by atoms with van der Waals surface area (Å²) in [4.78, 5) is 0. The van der Waals surface area contributed by atoms with Crippen molar-refractivity contribution in [2.45, 2.75) is 18.4 Å². The van der Waals surface area contributed by atoms with Gasteiger partial charge in [0.15, 0.2) is 0 Å². The van der Waals surface area contributed by atoms with E-state index in [9.17, 15) is 5.11 Å². The molecule has 4 heteroatoms. The molecule has 0 spiro atoms. The maximum absolute atomic E-state index is 10.4. The topological polar surface area (TPSA) is 29.5 Å². The third-order valence-corrected chi connectivity index (χ3v) is 3.59. The Bertz CT molecular complexity index is 360. The molecule has 1 aromatic rings. The van der Waals surface area contributed by atoms with Gasteiger partial charge in [0.2, 0.25) is 0 Å². The van der Waals surface area contributed by atoms with Crippen LogP contribution in [0.25, 0.3) is 0 Å². The molecule has 1 heterocycles. The Kier molecular flexibility index (Phi) is 3.21. The fourth-order valence-corrected chi connectivity index (χ4v) is 2.32. The first-order valence-corrected chi connectivity index (χ1v) is 5.64. The number of hydrogen-bond donors (Lipinski definition) is 1. The summed E-state index contributed by atoms with van der Waals surface area (Å²) in [5, 5.41) is 11.4. The molecule has 1 saturated heterocycles. The Balaban J connectivity index is 2.39. The van der Waals surface area contributed by atoms with Gasteiger partial charge in [-0.1, -0.05) is 35.3 Å². The molecule has 0 amide bonds. The Morgan fingerprint density at radius 1 is 1.20 bits per heavy atom. The predicted molar refractivity (Wildman–Crippen MR) is 60.4 cm³/mol. The van der Waals surface area contributed by atoms with Crippen LogP contribution in [-0.4, -0.2) is 18.3 Å². The molecule has 0 radical (unpaired) electrons. The second-order valence-electron chi connectivity index (χ2n) is 3.75. The van der Waals surface area contributed by atoms with Crippen LogP contribution in [0.5, 0.6) is 0 Å². The standard InChI is InChI=1S/C11H12Cl2O2/c12-9-3-1-2-8(10(9)13)11(14)4-6-15-7-5-11/h1-3,14H,4-7H2. The van der Waals surface area contributed by atoms with Crippen LogP contribution in [0.1, 0.15) is 18.4 Å². The highest BCUT2D eigenvalue weighted by Crippen LogP contribution is 2.38. The van der Waals surface area contributed by atoms with Crippen molar-refractivity contribution < 1.29 is 9.84 Å². The molecule has 82 valence electrons. The van der Waals surface area contributed by atoms with Crippen molar-refractivity contribution in [3.05, 3.63) is 33.8 Å². The molecule has 0 aliphatic carbocycles. The molecule has 1 aromatic carbocycles. The van der Waals surface area contributed by atoms with E-state index in [2.05, 4.69) is 0 Å². The lowest BCUT2D eigenvalue weighted by molar-refractivity contribution is -0.0678. The first kappa shape index (κ1) is 11.2. The summed E-state index contributed by atoms with van der Waals surface area (Å²) in [6.45, 7) is 1.11. The minimum Gasteiger partial charge on any atom is -0.385 e. The summed E-state index contributed by atoms with van der Waals surface area (Å²) in [5.74, 6) is 0. The van der Waals surface area contributed by atoms with Gasteiger partial charge in [-0.3, -0.25) is 0 Å². The van der Waals surface area contributed by atoms with Gasteiger partial charge in [0.1, 0.15) is 0 Å². The van der Waals surface area contributed by atoms with Gasteiger partial charge in [0.25, 0.3) is 0 Å². The van der Waals surface area contributed by atoms with E-state index < -0.39 is 5.60 Å². The zero-order valence-corrected chi connectivity index (χ0v) is 9.68. The van der Waals surface area contributed by atoms with E-state index >= 15 is 0 Å². The highest BCUT2D eigenvalue weighted by molar-refractivity contribution is 6.42. The first-order chi connectivity index (χ1) is 7.13. The quantitative estimate of drug-likeness (QED) is 0.826. The molecule has 1 aliphatic heterocycles. The Labute approximate surface area is 98.8 Å². The highest BCUT2D eigenvalue weighted by Gasteiger charge is 2.33. The van der Waals surface area contributed by atoms with Crippen molar-refractivity contribution in [1.29, 1.82) is 0 Å². The van der Waals surface area contributed by atoms with Crippen LogP contribution in [0.3, 0.4) is 0 Å². The van der Waals surface area contributed by atoms with Crippen molar-refractivity contribution in [2.24, 2.45) is 0 Å². The molecule has 2 rings (SSSR count). The maximum atomic E-state index is 10.4. The molecule has 0 aromatic heterocycles. The van der Waals surface area contributed by atoms with Crippen molar-refractivity contribution in [3.8, 4) is 0 Å². The molecule has 1 fully saturated rings. The van der Waals surface area contributed by atoms with E-state index in [1.807, 2.05) is 6.07 Å². The van der Waals surface area contributed by atoms with E-state index in [1.54, 1.807) is 12.1 Å². The third-order valence-electron chi connectivity index (χ3n) is 2.77. The summed E-state index contributed by atoms with van der Waals surface area (Å²) < 4.78 is 5.22. The van der Waals surface area contributed by atoms with Crippen LogP contribution in [0, 0.1) is 0 Å². The molecule has 15 heavy (non-hydrogen) atoms. The molecule has 0 unspecified atom stereocenters. The van der Waals surface area contributed by atoms with Gasteiger partial charge in [-0.05, 0) is 6.07 Å². The Morgan fingerprint density at radius 3 is 2.53 bits per heavy atom. The number of hydrogen-bond acceptors (Lipinski definition) is 2. The lowest BCUT2D eigenvalue weighted by Gasteiger charge is -2.33. The Hall–Kier alpha value is -0.280.